The fourth-order valence-corrected chi connectivity index (χ4v) is 1.39. The number of anilines is 1. The molecule has 2 aromatic heterocycles. The van der Waals surface area contributed by atoms with Crippen molar-refractivity contribution in [2.24, 2.45) is 0 Å². The van der Waals surface area contributed by atoms with Gasteiger partial charge in [0.25, 0.3) is 0 Å². The summed E-state index contributed by atoms with van der Waals surface area (Å²) in [6.45, 7) is 1.11. The van der Waals surface area contributed by atoms with E-state index in [1.807, 2.05) is 0 Å². The molecule has 10 heteroatoms. The Bertz CT molecular complexity index is 637. The fraction of sp³-hybridized carbons (Fsp3) is 0.333. The van der Waals surface area contributed by atoms with Crippen molar-refractivity contribution < 1.29 is 22.8 Å². The summed E-state index contributed by atoms with van der Waals surface area (Å²) in [5.74, 6) is -2.17. The Labute approximate surface area is 104 Å². The van der Waals surface area contributed by atoms with E-state index < -0.39 is 18.0 Å². The molecule has 0 aliphatic heterocycles. The number of nitrogens with one attached hydrogen (secondary N) is 1. The predicted molar refractivity (Wildman–Crippen MR) is 57.1 cm³/mol. The molecule has 0 fully saturated rings. The molecule has 102 valence electrons. The first-order chi connectivity index (χ1) is 8.82. The molecule has 0 aromatic carbocycles. The van der Waals surface area contributed by atoms with Crippen LogP contribution >= 0.6 is 0 Å². The number of carbonyl (C=O) groups is 1. The number of aromatic nitrogens is 4. The lowest BCUT2D eigenvalue weighted by Gasteiger charge is -2.08. The third-order valence-electron chi connectivity index (χ3n) is 2.08. The number of hydrogen-bond acceptors (Lipinski definition) is 6. The number of imidazole rings is 1. The van der Waals surface area contributed by atoms with Crippen LogP contribution in [0, 0.1) is 0 Å². The van der Waals surface area contributed by atoms with E-state index in [1.165, 1.54) is 7.05 Å². The van der Waals surface area contributed by atoms with Gasteiger partial charge in [0.2, 0.25) is 11.5 Å². The van der Waals surface area contributed by atoms with E-state index in [4.69, 9.17) is 0 Å². The van der Waals surface area contributed by atoms with Gasteiger partial charge >= 0.3 is 12.1 Å². The number of rotatable bonds is 2. The highest BCUT2D eigenvalue weighted by Crippen LogP contribution is 2.29. The van der Waals surface area contributed by atoms with Gasteiger partial charge in [-0.2, -0.15) is 13.2 Å². The van der Waals surface area contributed by atoms with E-state index in [1.54, 1.807) is 0 Å². The minimum atomic E-state index is -4.72. The topological polar surface area (TPSA) is 81.9 Å². The lowest BCUT2D eigenvalue weighted by molar-refractivity contribution is -0.144. The first kappa shape index (κ1) is 13.1. The Morgan fingerprint density at radius 1 is 1.42 bits per heavy atom. The molecule has 0 bridgehead atoms. The van der Waals surface area contributed by atoms with E-state index >= 15 is 0 Å². The molecule has 0 radical (unpaired) electrons. The largest absolute Gasteiger partial charge is 0.451 e. The Balaban J connectivity index is 2.67. The molecule has 2 heterocycles. The van der Waals surface area contributed by atoms with Gasteiger partial charge < -0.3 is 10.2 Å². The number of hydrogen-bond donors (Lipinski definition) is 1. The highest BCUT2D eigenvalue weighted by molar-refractivity contribution is 5.83. The highest BCUT2D eigenvalue weighted by Gasteiger charge is 2.36. The maximum absolute atomic E-state index is 12.6. The van der Waals surface area contributed by atoms with Gasteiger partial charge in [-0.15, -0.1) is 4.73 Å². The molecular weight excluding hydrogens is 267 g/mol. The van der Waals surface area contributed by atoms with E-state index in [0.717, 1.165) is 18.0 Å². The van der Waals surface area contributed by atoms with Gasteiger partial charge in [0.1, 0.15) is 6.33 Å². The van der Waals surface area contributed by atoms with Gasteiger partial charge in [-0.25, -0.2) is 19.7 Å². The third kappa shape index (κ3) is 2.41. The second-order valence-electron chi connectivity index (χ2n) is 3.47. The second kappa shape index (κ2) is 4.37. The predicted octanol–water partition coefficient (Wildman–Crippen LogP) is 0.862. The van der Waals surface area contributed by atoms with Crippen molar-refractivity contribution in [2.75, 3.05) is 12.4 Å². The molecule has 2 aromatic rings. The number of nitrogens with zero attached hydrogens (tertiary/aromatic N) is 4. The molecule has 0 atom stereocenters. The molecule has 0 aliphatic carbocycles. The first-order valence-electron chi connectivity index (χ1n) is 5.02. The van der Waals surface area contributed by atoms with Gasteiger partial charge in [-0.3, -0.25) is 0 Å². The number of fused-ring (bicyclic) bond motifs is 1. The normalized spacial score (nSPS) is 11.6. The molecule has 19 heavy (non-hydrogen) atoms. The van der Waals surface area contributed by atoms with Crippen molar-refractivity contribution in [1.82, 2.24) is 19.7 Å². The first-order valence-corrected chi connectivity index (χ1v) is 5.02. The molecule has 0 unspecified atom stereocenters. The van der Waals surface area contributed by atoms with Crippen LogP contribution in [0.25, 0.3) is 11.2 Å². The van der Waals surface area contributed by atoms with Crippen LogP contribution in [0.15, 0.2) is 6.33 Å². The lowest BCUT2D eigenvalue weighted by atomic mass is 10.4. The molecule has 0 amide bonds. The molecular formula is C9H8F3N5O2. The molecule has 2 rings (SSSR count). The highest BCUT2D eigenvalue weighted by atomic mass is 19.4. The van der Waals surface area contributed by atoms with E-state index in [0.29, 0.717) is 0 Å². The van der Waals surface area contributed by atoms with Crippen LogP contribution in [0.1, 0.15) is 12.7 Å². The average molecular weight is 275 g/mol. The Morgan fingerprint density at radius 2 is 2.11 bits per heavy atom. The molecule has 0 saturated carbocycles. The summed E-state index contributed by atoms with van der Waals surface area (Å²) in [5, 5.41) is 2.48. The third-order valence-corrected chi connectivity index (χ3v) is 2.08. The van der Waals surface area contributed by atoms with E-state index in [9.17, 15) is 18.0 Å². The Hall–Kier alpha value is -2.39. The SMILES string of the molecule is CNc1nc(C(F)(F)F)nc2c1ncn2OC(C)=O. The Morgan fingerprint density at radius 3 is 2.63 bits per heavy atom. The summed E-state index contributed by atoms with van der Waals surface area (Å²) >= 11 is 0. The smallest absolute Gasteiger partial charge is 0.371 e. The van der Waals surface area contributed by atoms with Crippen molar-refractivity contribution in [1.29, 1.82) is 0 Å². The van der Waals surface area contributed by atoms with Gasteiger partial charge in [0.15, 0.2) is 11.3 Å². The standard InChI is InChI=1S/C9H8F3N5O2/c1-4(18)19-17-3-14-5-6(13-2)15-8(9(10,11)12)16-7(5)17/h3H,1-2H3,(H,13,15,16). The molecule has 0 spiro atoms. The van der Waals surface area contributed by atoms with Gasteiger partial charge in [-0.1, -0.05) is 0 Å². The molecule has 7 nitrogen and oxygen atoms in total. The summed E-state index contributed by atoms with van der Waals surface area (Å²) in [6.07, 6.45) is -3.67. The zero-order valence-corrected chi connectivity index (χ0v) is 9.82. The lowest BCUT2D eigenvalue weighted by Crippen LogP contribution is -2.18. The van der Waals surface area contributed by atoms with Crippen molar-refractivity contribution in [3.05, 3.63) is 12.2 Å². The van der Waals surface area contributed by atoms with Crippen molar-refractivity contribution in [2.45, 2.75) is 13.1 Å². The van der Waals surface area contributed by atoms with E-state index in [2.05, 4.69) is 25.1 Å². The van der Waals surface area contributed by atoms with Gasteiger partial charge in [0, 0.05) is 14.0 Å². The summed E-state index contributed by atoms with van der Waals surface area (Å²) in [5.41, 5.74) is -0.182. The fourth-order valence-electron chi connectivity index (χ4n) is 1.39. The maximum atomic E-state index is 12.6. The quantitative estimate of drug-likeness (QED) is 0.875. The van der Waals surface area contributed by atoms with Crippen LogP contribution in [-0.4, -0.2) is 32.7 Å². The molecule has 1 N–H and O–H groups in total. The summed E-state index contributed by atoms with van der Waals surface area (Å²) < 4.78 is 38.7. The van der Waals surface area contributed by atoms with Crippen LogP contribution in [0.2, 0.25) is 0 Å². The Kier molecular flexibility index (Phi) is 3.00. The van der Waals surface area contributed by atoms with E-state index in [-0.39, 0.29) is 17.0 Å². The zero-order chi connectivity index (χ0) is 14.2. The summed E-state index contributed by atoms with van der Waals surface area (Å²) in [6, 6.07) is 0. The van der Waals surface area contributed by atoms with Crippen molar-refractivity contribution >= 4 is 23.0 Å². The summed E-state index contributed by atoms with van der Waals surface area (Å²) in [4.78, 5) is 25.9. The van der Waals surface area contributed by atoms with Gasteiger partial charge in [-0.05, 0) is 0 Å². The van der Waals surface area contributed by atoms with Gasteiger partial charge in [0.05, 0.1) is 0 Å². The average Bonchev–Trinajstić information content (AvgIpc) is 2.69. The maximum Gasteiger partial charge on any atom is 0.451 e. The molecule has 0 saturated heterocycles. The van der Waals surface area contributed by atoms with Crippen molar-refractivity contribution in [3.63, 3.8) is 0 Å². The minimum Gasteiger partial charge on any atom is -0.371 e. The number of alkyl halides is 3. The van der Waals surface area contributed by atoms with Crippen LogP contribution in [0.3, 0.4) is 0 Å². The second-order valence-corrected chi connectivity index (χ2v) is 3.47. The van der Waals surface area contributed by atoms with Crippen LogP contribution in [-0.2, 0) is 11.0 Å². The van der Waals surface area contributed by atoms with Crippen molar-refractivity contribution in [3.8, 4) is 0 Å². The minimum absolute atomic E-state index is 0.0664. The molecule has 0 aliphatic rings. The van der Waals surface area contributed by atoms with Crippen LogP contribution < -0.4 is 10.2 Å². The monoisotopic (exact) mass is 275 g/mol. The number of halogens is 3. The zero-order valence-electron chi connectivity index (χ0n) is 9.82. The number of carbonyl (C=O) groups excluding carboxylic acids is 1. The van der Waals surface area contributed by atoms with Crippen LogP contribution in [0.5, 0.6) is 0 Å². The summed E-state index contributed by atoms with van der Waals surface area (Å²) in [7, 11) is 1.40. The van der Waals surface area contributed by atoms with Crippen LogP contribution in [0.4, 0.5) is 19.0 Å².